The number of nitro benzene ring substituents is 1. The minimum atomic E-state index is -1.08. The third-order valence-electron chi connectivity index (χ3n) is 2.96. The number of hydrogen-bond donors (Lipinski definition) is 2. The summed E-state index contributed by atoms with van der Waals surface area (Å²) < 4.78 is 4.91. The van der Waals surface area contributed by atoms with E-state index in [0.717, 1.165) is 0 Å². The number of aromatic carboxylic acids is 1. The van der Waals surface area contributed by atoms with E-state index in [1.54, 1.807) is 24.3 Å². The van der Waals surface area contributed by atoms with Gasteiger partial charge < -0.3 is 9.84 Å². The summed E-state index contributed by atoms with van der Waals surface area (Å²) in [4.78, 5) is 21.5. The Morgan fingerprint density at radius 1 is 1.35 bits per heavy atom. The molecule has 118 valence electrons. The fourth-order valence-electron chi connectivity index (χ4n) is 1.87. The molecule has 0 unspecified atom stereocenters. The van der Waals surface area contributed by atoms with Crippen LogP contribution in [-0.4, -0.2) is 29.3 Å². The number of benzene rings is 2. The average Bonchev–Trinajstić information content (AvgIpc) is 2.55. The molecule has 2 aromatic rings. The summed E-state index contributed by atoms with van der Waals surface area (Å²) in [6.07, 6.45) is 1.35. The molecule has 8 heteroatoms. The first-order chi connectivity index (χ1) is 11.0. The van der Waals surface area contributed by atoms with Crippen molar-refractivity contribution >= 4 is 23.6 Å². The highest BCUT2D eigenvalue weighted by atomic mass is 16.6. The lowest BCUT2D eigenvalue weighted by molar-refractivity contribution is -0.385. The molecule has 8 nitrogen and oxygen atoms in total. The normalized spacial score (nSPS) is 10.5. The summed E-state index contributed by atoms with van der Waals surface area (Å²) in [6.45, 7) is 0. The Morgan fingerprint density at radius 3 is 2.74 bits per heavy atom. The number of carbonyl (C=O) groups is 1. The van der Waals surface area contributed by atoms with Crippen molar-refractivity contribution in [3.05, 3.63) is 63.7 Å². The molecule has 0 aliphatic carbocycles. The van der Waals surface area contributed by atoms with Crippen LogP contribution in [0.15, 0.2) is 47.6 Å². The zero-order chi connectivity index (χ0) is 16.8. The van der Waals surface area contributed by atoms with E-state index >= 15 is 0 Å². The fraction of sp³-hybridized carbons (Fsp3) is 0.0667. The van der Waals surface area contributed by atoms with Crippen LogP contribution in [0.4, 0.5) is 11.4 Å². The number of nitrogens with zero attached hydrogens (tertiary/aromatic N) is 2. The topological polar surface area (TPSA) is 114 Å². The van der Waals surface area contributed by atoms with E-state index in [9.17, 15) is 14.9 Å². The zero-order valence-corrected chi connectivity index (χ0v) is 12.1. The number of carboxylic acids is 1. The van der Waals surface area contributed by atoms with Crippen LogP contribution in [0.1, 0.15) is 15.9 Å². The third kappa shape index (κ3) is 3.82. The molecule has 0 aliphatic heterocycles. The molecule has 0 fully saturated rings. The van der Waals surface area contributed by atoms with Gasteiger partial charge in [-0.05, 0) is 24.3 Å². The van der Waals surface area contributed by atoms with Gasteiger partial charge in [-0.2, -0.15) is 5.10 Å². The van der Waals surface area contributed by atoms with Crippen molar-refractivity contribution in [3.63, 3.8) is 0 Å². The minimum absolute atomic E-state index is 0.0744. The van der Waals surface area contributed by atoms with Gasteiger partial charge in [-0.15, -0.1) is 0 Å². The second-order valence-corrected chi connectivity index (χ2v) is 4.41. The summed E-state index contributed by atoms with van der Waals surface area (Å²) >= 11 is 0. The quantitative estimate of drug-likeness (QED) is 0.481. The number of para-hydroxylation sites is 1. The maximum Gasteiger partial charge on any atom is 0.337 e. The van der Waals surface area contributed by atoms with E-state index in [1.165, 1.54) is 31.5 Å². The molecule has 0 amide bonds. The van der Waals surface area contributed by atoms with Gasteiger partial charge in [-0.25, -0.2) is 4.79 Å². The number of hydrazone groups is 1. The number of nitrogens with one attached hydrogen (secondary N) is 1. The van der Waals surface area contributed by atoms with Gasteiger partial charge in [0.2, 0.25) is 0 Å². The van der Waals surface area contributed by atoms with E-state index in [0.29, 0.717) is 11.3 Å². The molecule has 0 bridgehead atoms. The van der Waals surface area contributed by atoms with E-state index in [2.05, 4.69) is 10.5 Å². The summed E-state index contributed by atoms with van der Waals surface area (Å²) in [5, 5.41) is 23.9. The Bertz CT molecular complexity index is 773. The van der Waals surface area contributed by atoms with Gasteiger partial charge in [-0.1, -0.05) is 12.1 Å². The van der Waals surface area contributed by atoms with Gasteiger partial charge >= 0.3 is 11.7 Å². The van der Waals surface area contributed by atoms with E-state index in [1.807, 2.05) is 0 Å². The first-order valence-electron chi connectivity index (χ1n) is 6.46. The predicted octanol–water partition coefficient (Wildman–Crippen LogP) is 2.75. The van der Waals surface area contributed by atoms with Gasteiger partial charge in [0.05, 0.1) is 29.5 Å². The Morgan fingerprint density at radius 2 is 2.09 bits per heavy atom. The van der Waals surface area contributed by atoms with E-state index < -0.39 is 10.9 Å². The van der Waals surface area contributed by atoms with Crippen LogP contribution in [0.5, 0.6) is 5.75 Å². The van der Waals surface area contributed by atoms with Gasteiger partial charge in [-0.3, -0.25) is 15.5 Å². The number of ether oxygens (including phenoxy) is 1. The SMILES string of the molecule is COc1ccc(/C=N/Nc2ccccc2C(=O)O)cc1[N+](=O)[O-]. The molecule has 23 heavy (non-hydrogen) atoms. The number of methoxy groups -OCH3 is 1. The third-order valence-corrected chi connectivity index (χ3v) is 2.96. The van der Waals surface area contributed by atoms with Gasteiger partial charge in [0.1, 0.15) is 0 Å². The van der Waals surface area contributed by atoms with Crippen LogP contribution in [0.25, 0.3) is 0 Å². The summed E-state index contributed by atoms with van der Waals surface area (Å²) in [5.41, 5.74) is 3.29. The highest BCUT2D eigenvalue weighted by molar-refractivity contribution is 5.94. The highest BCUT2D eigenvalue weighted by Gasteiger charge is 2.14. The van der Waals surface area contributed by atoms with Crippen molar-refractivity contribution in [2.24, 2.45) is 5.10 Å². The van der Waals surface area contributed by atoms with Gasteiger partial charge in [0, 0.05) is 11.6 Å². The predicted molar refractivity (Wildman–Crippen MR) is 84.3 cm³/mol. The molecule has 0 aliphatic rings. The van der Waals surface area contributed by atoms with Gasteiger partial charge in [0.25, 0.3) is 0 Å². The highest BCUT2D eigenvalue weighted by Crippen LogP contribution is 2.26. The Balaban J connectivity index is 2.20. The molecule has 2 aromatic carbocycles. The van der Waals surface area contributed by atoms with Crippen LogP contribution in [0.2, 0.25) is 0 Å². The molecular weight excluding hydrogens is 302 g/mol. The maximum atomic E-state index is 11.1. The number of nitro groups is 1. The first kappa shape index (κ1) is 16.0. The van der Waals surface area contributed by atoms with Crippen LogP contribution in [-0.2, 0) is 0 Å². The first-order valence-corrected chi connectivity index (χ1v) is 6.46. The van der Waals surface area contributed by atoms with Crippen LogP contribution in [0.3, 0.4) is 0 Å². The van der Waals surface area contributed by atoms with Crippen molar-refractivity contribution in [1.82, 2.24) is 0 Å². The average molecular weight is 315 g/mol. The lowest BCUT2D eigenvalue weighted by atomic mass is 10.2. The molecule has 0 saturated heterocycles. The van der Waals surface area contributed by atoms with E-state index in [4.69, 9.17) is 9.84 Å². The number of anilines is 1. The summed E-state index contributed by atoms with van der Waals surface area (Å²) in [7, 11) is 1.35. The largest absolute Gasteiger partial charge is 0.490 e. The number of rotatable bonds is 6. The number of carboxylic acid groups (broad SMARTS) is 1. The van der Waals surface area contributed by atoms with Crippen molar-refractivity contribution < 1.29 is 19.6 Å². The Labute approximate surface area is 131 Å². The van der Waals surface area contributed by atoms with E-state index in [-0.39, 0.29) is 17.0 Å². The molecule has 0 heterocycles. The second-order valence-electron chi connectivity index (χ2n) is 4.41. The summed E-state index contributed by atoms with van der Waals surface area (Å²) in [6, 6.07) is 10.7. The lowest BCUT2D eigenvalue weighted by Crippen LogP contribution is -2.02. The maximum absolute atomic E-state index is 11.1. The van der Waals surface area contributed by atoms with Gasteiger partial charge in [0.15, 0.2) is 5.75 Å². The Hall–Kier alpha value is -3.42. The molecule has 2 N–H and O–H groups in total. The molecular formula is C15H13N3O5. The monoisotopic (exact) mass is 315 g/mol. The standard InChI is InChI=1S/C15H13N3O5/c1-23-14-7-6-10(8-13(14)18(21)22)9-16-17-12-5-3-2-4-11(12)15(19)20/h2-9,17H,1H3,(H,19,20)/b16-9+. The Kier molecular flexibility index (Phi) is 4.88. The smallest absolute Gasteiger partial charge is 0.337 e. The molecule has 0 spiro atoms. The van der Waals surface area contributed by atoms with Crippen LogP contribution in [0, 0.1) is 10.1 Å². The second kappa shape index (κ2) is 7.03. The minimum Gasteiger partial charge on any atom is -0.490 e. The summed E-state index contributed by atoms with van der Waals surface area (Å²) in [5.74, 6) is -0.931. The van der Waals surface area contributed by atoms with Crippen LogP contribution >= 0.6 is 0 Å². The molecule has 0 atom stereocenters. The lowest BCUT2D eigenvalue weighted by Gasteiger charge is -2.04. The van der Waals surface area contributed by atoms with Crippen molar-refractivity contribution in [1.29, 1.82) is 0 Å². The molecule has 0 radical (unpaired) electrons. The molecule has 0 aromatic heterocycles. The molecule has 0 saturated carbocycles. The van der Waals surface area contributed by atoms with Crippen molar-refractivity contribution in [2.75, 3.05) is 12.5 Å². The van der Waals surface area contributed by atoms with Crippen molar-refractivity contribution in [3.8, 4) is 5.75 Å². The fourth-order valence-corrected chi connectivity index (χ4v) is 1.87. The van der Waals surface area contributed by atoms with Crippen molar-refractivity contribution in [2.45, 2.75) is 0 Å². The molecule has 2 rings (SSSR count). The van der Waals surface area contributed by atoms with Crippen LogP contribution < -0.4 is 10.2 Å². The number of hydrogen-bond acceptors (Lipinski definition) is 6. The zero-order valence-electron chi connectivity index (χ0n) is 12.1.